The monoisotopic (exact) mass is 135 g/mol. The SMILES string of the molecule is S=C(S)ON1CC1. The van der Waals surface area contributed by atoms with Crippen molar-refractivity contribution in [2.24, 2.45) is 0 Å². The van der Waals surface area contributed by atoms with Gasteiger partial charge in [-0.25, -0.2) is 0 Å². The zero-order valence-electron chi connectivity index (χ0n) is 3.63. The molecule has 1 aliphatic heterocycles. The Labute approximate surface area is 52.8 Å². The van der Waals surface area contributed by atoms with Crippen LogP contribution >= 0.6 is 24.8 Å². The molecule has 2 nitrogen and oxygen atoms in total. The molecule has 0 aromatic carbocycles. The van der Waals surface area contributed by atoms with Gasteiger partial charge in [0.2, 0.25) is 4.38 Å². The molecule has 0 aromatic rings. The predicted molar refractivity (Wildman–Crippen MR) is 34.2 cm³/mol. The Morgan fingerprint density at radius 2 is 2.29 bits per heavy atom. The molecule has 0 unspecified atom stereocenters. The third-order valence-electron chi connectivity index (χ3n) is 0.613. The molecule has 40 valence electrons. The van der Waals surface area contributed by atoms with Gasteiger partial charge in [-0.1, -0.05) is 12.6 Å². The van der Waals surface area contributed by atoms with Gasteiger partial charge in [-0.05, 0) is 12.2 Å². The van der Waals surface area contributed by atoms with Crippen LogP contribution < -0.4 is 0 Å². The van der Waals surface area contributed by atoms with Gasteiger partial charge in [0.1, 0.15) is 0 Å². The average molecular weight is 135 g/mol. The first kappa shape index (κ1) is 5.34. The van der Waals surface area contributed by atoms with E-state index in [9.17, 15) is 0 Å². The molecule has 1 saturated heterocycles. The molecule has 0 spiro atoms. The minimum atomic E-state index is 0.303. The summed E-state index contributed by atoms with van der Waals surface area (Å²) in [7, 11) is 0. The molecule has 0 aromatic heterocycles. The van der Waals surface area contributed by atoms with E-state index in [0.29, 0.717) is 4.38 Å². The minimum Gasteiger partial charge on any atom is -0.387 e. The van der Waals surface area contributed by atoms with Crippen molar-refractivity contribution in [3.8, 4) is 0 Å². The lowest BCUT2D eigenvalue weighted by Gasteiger charge is -1.96. The van der Waals surface area contributed by atoms with Crippen molar-refractivity contribution in [2.75, 3.05) is 13.1 Å². The van der Waals surface area contributed by atoms with Crippen LogP contribution in [0.1, 0.15) is 0 Å². The standard InChI is InChI=1S/C3H5NOS2/c6-3(7)5-4-1-2-4/h1-2H2,(H,6,7). The summed E-state index contributed by atoms with van der Waals surface area (Å²) in [6.07, 6.45) is 0. The van der Waals surface area contributed by atoms with Gasteiger partial charge in [-0.2, -0.15) is 0 Å². The van der Waals surface area contributed by atoms with Crippen molar-refractivity contribution >= 4 is 29.2 Å². The molecule has 1 fully saturated rings. The Bertz CT molecular complexity index is 90.9. The first-order valence-corrected chi connectivity index (χ1v) is 2.80. The van der Waals surface area contributed by atoms with E-state index in [2.05, 4.69) is 24.8 Å². The van der Waals surface area contributed by atoms with Crippen LogP contribution in [0.2, 0.25) is 0 Å². The van der Waals surface area contributed by atoms with Crippen LogP contribution in [0.5, 0.6) is 0 Å². The maximum absolute atomic E-state index is 4.79. The van der Waals surface area contributed by atoms with Gasteiger partial charge in [-0.15, -0.1) is 5.06 Å². The lowest BCUT2D eigenvalue weighted by atomic mass is 11.0. The molecule has 0 saturated carbocycles. The summed E-state index contributed by atoms with van der Waals surface area (Å²) >= 11 is 8.26. The molecule has 0 N–H and O–H groups in total. The molecular weight excluding hydrogens is 130 g/mol. The summed E-state index contributed by atoms with van der Waals surface area (Å²) in [4.78, 5) is 4.79. The van der Waals surface area contributed by atoms with Crippen LogP contribution in [-0.2, 0) is 4.84 Å². The summed E-state index contributed by atoms with van der Waals surface area (Å²) in [5.74, 6) is 0. The summed E-state index contributed by atoms with van der Waals surface area (Å²) in [6, 6.07) is 0. The summed E-state index contributed by atoms with van der Waals surface area (Å²) in [5, 5.41) is 1.73. The smallest absolute Gasteiger partial charge is 0.241 e. The minimum absolute atomic E-state index is 0.303. The maximum Gasteiger partial charge on any atom is 0.241 e. The summed E-state index contributed by atoms with van der Waals surface area (Å²) < 4.78 is 0.303. The normalized spacial score (nSPS) is 19.0. The fourth-order valence-electron chi connectivity index (χ4n) is 0.243. The molecule has 7 heavy (non-hydrogen) atoms. The van der Waals surface area contributed by atoms with Crippen molar-refractivity contribution < 1.29 is 4.84 Å². The van der Waals surface area contributed by atoms with Gasteiger partial charge >= 0.3 is 0 Å². The first-order chi connectivity index (χ1) is 3.29. The second-order valence-corrected chi connectivity index (χ2v) is 2.37. The average Bonchev–Trinajstić information content (AvgIpc) is 2.17. The number of rotatable bonds is 1. The topological polar surface area (TPSA) is 12.2 Å². The van der Waals surface area contributed by atoms with Crippen molar-refractivity contribution in [3.05, 3.63) is 0 Å². The lowest BCUT2D eigenvalue weighted by molar-refractivity contribution is 0.0641. The van der Waals surface area contributed by atoms with Crippen molar-refractivity contribution in [2.45, 2.75) is 0 Å². The van der Waals surface area contributed by atoms with Crippen LogP contribution in [0.25, 0.3) is 0 Å². The zero-order valence-corrected chi connectivity index (χ0v) is 5.34. The first-order valence-electron chi connectivity index (χ1n) is 1.95. The fraction of sp³-hybridized carbons (Fsp3) is 0.667. The quantitative estimate of drug-likeness (QED) is 0.318. The van der Waals surface area contributed by atoms with Crippen LogP contribution in [0.3, 0.4) is 0 Å². The highest BCUT2D eigenvalue weighted by Gasteiger charge is 2.19. The predicted octanol–water partition coefficient (Wildman–Crippen LogP) is 0.448. The van der Waals surface area contributed by atoms with E-state index < -0.39 is 0 Å². The molecule has 0 aliphatic carbocycles. The molecule has 4 heteroatoms. The van der Waals surface area contributed by atoms with Crippen molar-refractivity contribution in [1.82, 2.24) is 5.06 Å². The number of hydrogen-bond donors (Lipinski definition) is 1. The van der Waals surface area contributed by atoms with E-state index in [0.717, 1.165) is 13.1 Å². The van der Waals surface area contributed by atoms with Crippen LogP contribution in [-0.4, -0.2) is 22.5 Å². The van der Waals surface area contributed by atoms with E-state index in [1.807, 2.05) is 0 Å². The number of nitrogens with zero attached hydrogens (tertiary/aromatic N) is 1. The Balaban J connectivity index is 2.08. The van der Waals surface area contributed by atoms with E-state index in [4.69, 9.17) is 4.84 Å². The van der Waals surface area contributed by atoms with Gasteiger partial charge in [0.15, 0.2) is 0 Å². The Morgan fingerprint density at radius 3 is 2.43 bits per heavy atom. The number of thiol groups is 1. The highest BCUT2D eigenvalue weighted by atomic mass is 32.1. The molecular formula is C3H5NOS2. The maximum atomic E-state index is 4.79. The van der Waals surface area contributed by atoms with Crippen LogP contribution in [0.4, 0.5) is 0 Å². The molecule has 0 bridgehead atoms. The van der Waals surface area contributed by atoms with Crippen molar-refractivity contribution in [1.29, 1.82) is 0 Å². The third-order valence-corrected chi connectivity index (χ3v) is 0.770. The van der Waals surface area contributed by atoms with Crippen LogP contribution in [0.15, 0.2) is 0 Å². The fourth-order valence-corrected chi connectivity index (χ4v) is 0.463. The lowest BCUT2D eigenvalue weighted by Crippen LogP contribution is -1.99. The Hall–Kier alpha value is 0.200. The summed E-state index contributed by atoms with van der Waals surface area (Å²) in [6.45, 7) is 1.97. The van der Waals surface area contributed by atoms with E-state index in [1.54, 1.807) is 5.06 Å². The molecule has 1 rings (SSSR count). The van der Waals surface area contributed by atoms with E-state index in [-0.39, 0.29) is 0 Å². The third kappa shape index (κ3) is 2.11. The van der Waals surface area contributed by atoms with E-state index in [1.165, 1.54) is 0 Å². The van der Waals surface area contributed by atoms with Gasteiger partial charge in [0, 0.05) is 0 Å². The highest BCUT2D eigenvalue weighted by molar-refractivity contribution is 8.10. The molecule has 0 amide bonds. The van der Waals surface area contributed by atoms with Crippen LogP contribution in [0, 0.1) is 0 Å². The van der Waals surface area contributed by atoms with Gasteiger partial charge < -0.3 is 4.84 Å². The zero-order chi connectivity index (χ0) is 5.28. The Morgan fingerprint density at radius 1 is 1.71 bits per heavy atom. The van der Waals surface area contributed by atoms with E-state index >= 15 is 0 Å². The number of hydrogen-bond acceptors (Lipinski definition) is 3. The summed E-state index contributed by atoms with van der Waals surface area (Å²) in [5.41, 5.74) is 0. The number of hydroxylamine groups is 2. The molecule has 0 atom stereocenters. The second kappa shape index (κ2) is 1.98. The van der Waals surface area contributed by atoms with Gasteiger partial charge in [0.05, 0.1) is 13.1 Å². The van der Waals surface area contributed by atoms with Gasteiger partial charge in [-0.3, -0.25) is 0 Å². The molecule has 1 heterocycles. The molecule has 0 radical (unpaired) electrons. The van der Waals surface area contributed by atoms with Crippen molar-refractivity contribution in [3.63, 3.8) is 0 Å². The highest BCUT2D eigenvalue weighted by Crippen LogP contribution is 2.05. The Kier molecular flexibility index (Phi) is 1.51. The van der Waals surface area contributed by atoms with Gasteiger partial charge in [0.25, 0.3) is 0 Å². The molecule has 1 aliphatic rings. The second-order valence-electron chi connectivity index (χ2n) is 1.29. The number of thiocarbonyl (C=S) groups is 1. The largest absolute Gasteiger partial charge is 0.387 e.